The molecule has 6 nitrogen and oxygen atoms in total. The number of anilines is 2. The summed E-state index contributed by atoms with van der Waals surface area (Å²) in [6, 6.07) is -0.238. The van der Waals surface area contributed by atoms with Crippen LogP contribution in [0.15, 0.2) is 22.5 Å². The quantitative estimate of drug-likeness (QED) is 0.748. The zero-order valence-corrected chi connectivity index (χ0v) is 15.8. The number of fused-ring (bicyclic) bond motifs is 1. The predicted octanol–water partition coefficient (Wildman–Crippen LogP) is 2.58. The molecule has 0 N–H and O–H groups in total. The number of morpholine rings is 1. The Hall–Kier alpha value is -2.03. The summed E-state index contributed by atoms with van der Waals surface area (Å²) in [4.78, 5) is 20.2. The Morgan fingerprint density at radius 1 is 1.37 bits per heavy atom. The average Bonchev–Trinajstić information content (AvgIpc) is 2.59. The van der Waals surface area contributed by atoms with Crippen molar-refractivity contribution in [2.24, 2.45) is 0 Å². The lowest BCUT2D eigenvalue weighted by Crippen LogP contribution is -2.53. The minimum absolute atomic E-state index is 0.00179. The van der Waals surface area contributed by atoms with Gasteiger partial charge in [-0.1, -0.05) is 11.6 Å². The van der Waals surface area contributed by atoms with Crippen molar-refractivity contribution >= 4 is 11.8 Å². The van der Waals surface area contributed by atoms with E-state index < -0.39 is 12.2 Å². The summed E-state index contributed by atoms with van der Waals surface area (Å²) in [5, 5.41) is 0. The largest absolute Gasteiger partial charge is 0.408 e. The maximum absolute atomic E-state index is 13.6. The third-order valence-electron chi connectivity index (χ3n) is 4.97. The molecular formula is C18H25F3N4O2. The van der Waals surface area contributed by atoms with Gasteiger partial charge in [-0.2, -0.15) is 18.2 Å². The van der Waals surface area contributed by atoms with Crippen LogP contribution in [0.5, 0.6) is 0 Å². The monoisotopic (exact) mass is 386 g/mol. The summed E-state index contributed by atoms with van der Waals surface area (Å²) in [7, 11) is 0. The van der Waals surface area contributed by atoms with Crippen molar-refractivity contribution in [3.63, 3.8) is 0 Å². The van der Waals surface area contributed by atoms with Crippen LogP contribution in [0.2, 0.25) is 0 Å². The zero-order chi connectivity index (χ0) is 19.8. The summed E-state index contributed by atoms with van der Waals surface area (Å²) in [5.41, 5.74) is 0.588. The van der Waals surface area contributed by atoms with E-state index in [0.29, 0.717) is 25.6 Å². The van der Waals surface area contributed by atoms with E-state index in [-0.39, 0.29) is 37.1 Å². The highest BCUT2D eigenvalue weighted by atomic mass is 19.4. The van der Waals surface area contributed by atoms with Crippen LogP contribution in [0.4, 0.5) is 24.9 Å². The van der Waals surface area contributed by atoms with E-state index in [1.54, 1.807) is 6.08 Å². The van der Waals surface area contributed by atoms with E-state index in [1.165, 1.54) is 15.5 Å². The summed E-state index contributed by atoms with van der Waals surface area (Å²) >= 11 is 0. The van der Waals surface area contributed by atoms with Crippen LogP contribution in [0, 0.1) is 0 Å². The number of nitrogens with zero attached hydrogens (tertiary/aromatic N) is 4. The second kappa shape index (κ2) is 7.53. The van der Waals surface area contributed by atoms with Crippen molar-refractivity contribution in [2.45, 2.75) is 52.0 Å². The molecule has 27 heavy (non-hydrogen) atoms. The van der Waals surface area contributed by atoms with Crippen LogP contribution in [-0.4, -0.2) is 54.1 Å². The molecule has 0 aliphatic carbocycles. The Morgan fingerprint density at radius 3 is 2.74 bits per heavy atom. The van der Waals surface area contributed by atoms with Crippen LogP contribution >= 0.6 is 0 Å². The molecule has 1 fully saturated rings. The molecule has 3 heterocycles. The smallest absolute Gasteiger partial charge is 0.377 e. The van der Waals surface area contributed by atoms with E-state index >= 15 is 0 Å². The molecule has 2 atom stereocenters. The number of hydrogen-bond acceptors (Lipinski definition) is 5. The highest BCUT2D eigenvalue weighted by molar-refractivity contribution is 5.48. The van der Waals surface area contributed by atoms with E-state index in [9.17, 15) is 18.0 Å². The van der Waals surface area contributed by atoms with Crippen LogP contribution < -0.4 is 15.4 Å². The number of hydrogen-bond donors (Lipinski definition) is 0. The van der Waals surface area contributed by atoms with Crippen molar-refractivity contribution in [3.05, 3.63) is 28.1 Å². The molecular weight excluding hydrogens is 361 g/mol. The van der Waals surface area contributed by atoms with Crippen molar-refractivity contribution < 1.29 is 17.9 Å². The number of allylic oxidation sites excluding steroid dienone is 1. The van der Waals surface area contributed by atoms with Gasteiger partial charge in [-0.25, -0.2) is 0 Å². The Bertz CT molecular complexity index is 771. The van der Waals surface area contributed by atoms with Gasteiger partial charge in [0.15, 0.2) is 0 Å². The first-order chi connectivity index (χ1) is 12.7. The van der Waals surface area contributed by atoms with E-state index in [0.717, 1.165) is 5.57 Å². The fraction of sp³-hybridized carbons (Fsp3) is 0.667. The summed E-state index contributed by atoms with van der Waals surface area (Å²) in [5.74, 6) is 0.495. The lowest BCUT2D eigenvalue weighted by atomic mass is 10.1. The van der Waals surface area contributed by atoms with Gasteiger partial charge in [-0.15, -0.1) is 0 Å². The van der Waals surface area contributed by atoms with E-state index in [1.807, 2.05) is 25.7 Å². The third-order valence-corrected chi connectivity index (χ3v) is 4.97. The molecule has 3 rings (SSSR count). The Morgan fingerprint density at radius 2 is 2.11 bits per heavy atom. The number of ether oxygens (including phenoxy) is 1. The molecule has 9 heteroatoms. The zero-order valence-electron chi connectivity index (χ0n) is 15.8. The minimum atomic E-state index is -4.39. The first-order valence-electron chi connectivity index (χ1n) is 9.11. The van der Waals surface area contributed by atoms with Gasteiger partial charge in [-0.05, 0) is 27.2 Å². The van der Waals surface area contributed by atoms with Crippen molar-refractivity contribution in [2.75, 3.05) is 36.1 Å². The fourth-order valence-corrected chi connectivity index (χ4v) is 3.50. The summed E-state index contributed by atoms with van der Waals surface area (Å²) < 4.78 is 47.6. The first-order valence-corrected chi connectivity index (χ1v) is 9.11. The maximum atomic E-state index is 13.6. The summed E-state index contributed by atoms with van der Waals surface area (Å²) in [6.07, 6.45) is -2.83. The lowest BCUT2D eigenvalue weighted by Gasteiger charge is -2.40. The molecule has 2 aliphatic heterocycles. The van der Waals surface area contributed by atoms with E-state index in [4.69, 9.17) is 4.74 Å². The maximum Gasteiger partial charge on any atom is 0.408 e. The highest BCUT2D eigenvalue weighted by Gasteiger charge is 2.46. The van der Waals surface area contributed by atoms with Crippen LogP contribution in [0.3, 0.4) is 0 Å². The average molecular weight is 386 g/mol. The molecule has 1 aromatic rings. The molecule has 1 aromatic heterocycles. The number of alkyl halides is 3. The topological polar surface area (TPSA) is 50.6 Å². The number of halogens is 3. The van der Waals surface area contributed by atoms with Crippen LogP contribution in [0.1, 0.15) is 27.2 Å². The normalized spacial score (nSPS) is 23.2. The predicted molar refractivity (Wildman–Crippen MR) is 97.4 cm³/mol. The number of rotatable bonds is 3. The Labute approximate surface area is 156 Å². The summed E-state index contributed by atoms with van der Waals surface area (Å²) in [6.45, 7) is 7.21. The standard InChI is InChI=1S/C18H25F3N4O2/c1-12(2)4-6-24-14(18(19,20)21)5-7-25-16(26)10-15(22-17(24)25)23-8-9-27-11-13(23)3/h4,10,13-14H,5-9,11H2,1-3H3/t13-,14?/m1/s1. The molecule has 2 aliphatic rings. The van der Waals surface area contributed by atoms with Gasteiger partial charge < -0.3 is 14.5 Å². The minimum Gasteiger partial charge on any atom is -0.377 e. The van der Waals surface area contributed by atoms with Gasteiger partial charge in [0.25, 0.3) is 5.56 Å². The highest BCUT2D eigenvalue weighted by Crippen LogP contribution is 2.34. The Kier molecular flexibility index (Phi) is 5.50. The van der Waals surface area contributed by atoms with Gasteiger partial charge in [0, 0.05) is 25.7 Å². The Balaban J connectivity index is 2.06. The van der Waals surface area contributed by atoms with Gasteiger partial charge >= 0.3 is 6.18 Å². The molecule has 0 aromatic carbocycles. The molecule has 0 amide bonds. The van der Waals surface area contributed by atoms with Crippen molar-refractivity contribution in [3.8, 4) is 0 Å². The fourth-order valence-electron chi connectivity index (χ4n) is 3.50. The molecule has 0 spiro atoms. The molecule has 0 bridgehead atoms. The van der Waals surface area contributed by atoms with Crippen LogP contribution in [0.25, 0.3) is 0 Å². The van der Waals surface area contributed by atoms with Gasteiger partial charge in [0.05, 0.1) is 19.3 Å². The van der Waals surface area contributed by atoms with Crippen molar-refractivity contribution in [1.82, 2.24) is 9.55 Å². The van der Waals surface area contributed by atoms with Gasteiger partial charge in [0.2, 0.25) is 5.95 Å². The first kappa shape index (κ1) is 19.7. The second-order valence-electron chi connectivity index (χ2n) is 7.30. The van der Waals surface area contributed by atoms with Crippen LogP contribution in [-0.2, 0) is 11.3 Å². The number of aromatic nitrogens is 2. The lowest BCUT2D eigenvalue weighted by molar-refractivity contribution is -0.152. The molecule has 0 saturated carbocycles. The van der Waals surface area contributed by atoms with Gasteiger partial charge in [-0.3, -0.25) is 9.36 Å². The van der Waals surface area contributed by atoms with Gasteiger partial charge in [0.1, 0.15) is 11.9 Å². The molecule has 0 radical (unpaired) electrons. The second-order valence-corrected chi connectivity index (χ2v) is 7.30. The molecule has 150 valence electrons. The third kappa shape index (κ3) is 4.12. The molecule has 1 unspecified atom stereocenters. The van der Waals surface area contributed by atoms with E-state index in [2.05, 4.69) is 4.98 Å². The van der Waals surface area contributed by atoms with Crippen molar-refractivity contribution in [1.29, 1.82) is 0 Å². The molecule has 1 saturated heterocycles. The SMILES string of the molecule is CC(C)=CCN1c2nc(N3CCOC[C@H]3C)cc(=O)n2CCC1C(F)(F)F.